The van der Waals surface area contributed by atoms with Gasteiger partial charge in [-0.1, -0.05) is 0 Å². The molecule has 0 unspecified atom stereocenters. The second-order valence-corrected chi connectivity index (χ2v) is 5.02. The van der Waals surface area contributed by atoms with Gasteiger partial charge in [0.25, 0.3) is 0 Å². The van der Waals surface area contributed by atoms with E-state index in [1.165, 1.54) is 0 Å². The van der Waals surface area contributed by atoms with Crippen molar-refractivity contribution in [1.29, 1.82) is 0 Å². The molecule has 0 spiro atoms. The number of hydrogen-bond donors (Lipinski definition) is 1. The minimum Gasteiger partial charge on any atom is -0.497 e. The molecule has 0 saturated heterocycles. The predicted octanol–water partition coefficient (Wildman–Crippen LogP) is 2.83. The molecular weight excluding hydrogens is 266 g/mol. The van der Waals surface area contributed by atoms with Gasteiger partial charge in [0, 0.05) is 11.6 Å². The van der Waals surface area contributed by atoms with Gasteiger partial charge in [-0.25, -0.2) is 9.78 Å². The Labute approximate surface area is 114 Å². The molecule has 0 saturated carbocycles. The first kappa shape index (κ1) is 13.4. The van der Waals surface area contributed by atoms with E-state index in [9.17, 15) is 9.90 Å². The fourth-order valence-corrected chi connectivity index (χ4v) is 2.49. The number of carboxylic acid groups (broad SMARTS) is 1. The topological polar surface area (TPSA) is 68.7 Å². The molecule has 0 fully saturated rings. The molecule has 1 aromatic heterocycles. The zero-order valence-electron chi connectivity index (χ0n) is 10.8. The van der Waals surface area contributed by atoms with Gasteiger partial charge < -0.3 is 14.6 Å². The highest BCUT2D eigenvalue weighted by Gasteiger charge is 2.18. The summed E-state index contributed by atoms with van der Waals surface area (Å²) in [5.74, 6) is 0.204. The maximum Gasteiger partial charge on any atom is 0.348 e. The van der Waals surface area contributed by atoms with Gasteiger partial charge in [-0.2, -0.15) is 0 Å². The summed E-state index contributed by atoms with van der Waals surface area (Å²) in [6.07, 6.45) is 0. The Morgan fingerprint density at radius 2 is 1.79 bits per heavy atom. The van der Waals surface area contributed by atoms with Crippen molar-refractivity contribution in [2.75, 3.05) is 14.2 Å². The standard InChI is InChI=1S/C13H13NO4S/c1-7-14-11(12(19-7)13(15)16)8-4-9(17-2)6-10(5-8)18-3/h4-6H,1-3H3,(H,15,16). The number of methoxy groups -OCH3 is 2. The zero-order chi connectivity index (χ0) is 14.0. The molecule has 0 atom stereocenters. The summed E-state index contributed by atoms with van der Waals surface area (Å²) in [6, 6.07) is 5.20. The lowest BCUT2D eigenvalue weighted by Crippen LogP contribution is -1.96. The molecule has 1 heterocycles. The Bertz CT molecular complexity index is 599. The van der Waals surface area contributed by atoms with E-state index in [2.05, 4.69) is 4.98 Å². The highest BCUT2D eigenvalue weighted by Crippen LogP contribution is 2.33. The van der Waals surface area contributed by atoms with Crippen molar-refractivity contribution in [3.8, 4) is 22.8 Å². The van der Waals surface area contributed by atoms with Crippen LogP contribution in [0.3, 0.4) is 0 Å². The Morgan fingerprint density at radius 3 is 2.26 bits per heavy atom. The molecule has 100 valence electrons. The van der Waals surface area contributed by atoms with E-state index < -0.39 is 5.97 Å². The normalized spacial score (nSPS) is 10.3. The number of benzene rings is 1. The number of carboxylic acids is 1. The lowest BCUT2D eigenvalue weighted by Gasteiger charge is -2.07. The molecule has 1 N–H and O–H groups in total. The predicted molar refractivity (Wildman–Crippen MR) is 72.4 cm³/mol. The first-order valence-corrected chi connectivity index (χ1v) is 6.31. The van der Waals surface area contributed by atoms with E-state index in [-0.39, 0.29) is 4.88 Å². The Morgan fingerprint density at radius 1 is 1.21 bits per heavy atom. The van der Waals surface area contributed by atoms with Crippen LogP contribution in [0.25, 0.3) is 11.3 Å². The van der Waals surface area contributed by atoms with Crippen LogP contribution in [0.5, 0.6) is 11.5 Å². The summed E-state index contributed by atoms with van der Waals surface area (Å²) in [5.41, 5.74) is 1.10. The smallest absolute Gasteiger partial charge is 0.348 e. The van der Waals surface area contributed by atoms with Crippen LogP contribution in [0.15, 0.2) is 18.2 Å². The number of thiazole rings is 1. The van der Waals surface area contributed by atoms with Crippen LogP contribution in [0.2, 0.25) is 0 Å². The molecule has 0 radical (unpaired) electrons. The molecule has 0 amide bonds. The first-order chi connectivity index (χ1) is 9.05. The van der Waals surface area contributed by atoms with Crippen LogP contribution in [-0.2, 0) is 0 Å². The fourth-order valence-electron chi connectivity index (χ4n) is 1.71. The van der Waals surface area contributed by atoms with Crippen LogP contribution < -0.4 is 9.47 Å². The number of rotatable bonds is 4. The second-order valence-electron chi connectivity index (χ2n) is 3.82. The van der Waals surface area contributed by atoms with Crippen molar-refractivity contribution >= 4 is 17.3 Å². The third kappa shape index (κ3) is 2.68. The molecule has 5 nitrogen and oxygen atoms in total. The molecule has 0 aliphatic carbocycles. The largest absolute Gasteiger partial charge is 0.497 e. The minimum atomic E-state index is -0.984. The van der Waals surface area contributed by atoms with Gasteiger partial charge >= 0.3 is 5.97 Å². The van der Waals surface area contributed by atoms with Crippen molar-refractivity contribution in [3.05, 3.63) is 28.1 Å². The van der Waals surface area contributed by atoms with Crippen LogP contribution >= 0.6 is 11.3 Å². The SMILES string of the molecule is COc1cc(OC)cc(-c2nc(C)sc2C(=O)O)c1. The Hall–Kier alpha value is -2.08. The van der Waals surface area contributed by atoms with Gasteiger partial charge in [-0.3, -0.25) is 0 Å². The summed E-state index contributed by atoms with van der Waals surface area (Å²) in [5, 5.41) is 9.90. The summed E-state index contributed by atoms with van der Waals surface area (Å²) in [4.78, 5) is 15.7. The van der Waals surface area contributed by atoms with Crippen LogP contribution in [-0.4, -0.2) is 30.3 Å². The van der Waals surface area contributed by atoms with Gasteiger partial charge in [0.05, 0.1) is 24.9 Å². The Kier molecular flexibility index (Phi) is 3.71. The van der Waals surface area contributed by atoms with E-state index in [1.54, 1.807) is 39.3 Å². The van der Waals surface area contributed by atoms with E-state index in [4.69, 9.17) is 9.47 Å². The highest BCUT2D eigenvalue weighted by molar-refractivity contribution is 7.14. The molecule has 2 aromatic rings. The molecule has 1 aromatic carbocycles. The number of ether oxygens (including phenoxy) is 2. The molecule has 0 aliphatic heterocycles. The lowest BCUT2D eigenvalue weighted by atomic mass is 10.1. The number of aryl methyl sites for hydroxylation is 1. The fraction of sp³-hybridized carbons (Fsp3) is 0.231. The van der Waals surface area contributed by atoms with Gasteiger partial charge in [-0.15, -0.1) is 11.3 Å². The van der Waals surface area contributed by atoms with Gasteiger partial charge in [0.1, 0.15) is 16.4 Å². The number of nitrogens with zero attached hydrogens (tertiary/aromatic N) is 1. The molecule has 6 heteroatoms. The quantitative estimate of drug-likeness (QED) is 0.932. The number of carbonyl (C=O) groups is 1. The minimum absolute atomic E-state index is 0.216. The van der Waals surface area contributed by atoms with Crippen molar-refractivity contribution in [1.82, 2.24) is 4.98 Å². The van der Waals surface area contributed by atoms with Gasteiger partial charge in [0.2, 0.25) is 0 Å². The summed E-state index contributed by atoms with van der Waals surface area (Å²) < 4.78 is 10.3. The van der Waals surface area contributed by atoms with Crippen LogP contribution in [0, 0.1) is 6.92 Å². The van der Waals surface area contributed by atoms with Gasteiger partial charge in [-0.05, 0) is 19.1 Å². The molecular formula is C13H13NO4S. The first-order valence-electron chi connectivity index (χ1n) is 5.49. The zero-order valence-corrected chi connectivity index (χ0v) is 11.6. The summed E-state index contributed by atoms with van der Waals surface area (Å²) in [6.45, 7) is 1.78. The van der Waals surface area contributed by atoms with E-state index in [0.29, 0.717) is 27.8 Å². The van der Waals surface area contributed by atoms with Crippen molar-refractivity contribution in [2.24, 2.45) is 0 Å². The van der Waals surface area contributed by atoms with E-state index >= 15 is 0 Å². The molecule has 0 aliphatic rings. The maximum absolute atomic E-state index is 11.2. The summed E-state index contributed by atoms with van der Waals surface area (Å²) >= 11 is 1.15. The van der Waals surface area contributed by atoms with Crippen molar-refractivity contribution in [3.63, 3.8) is 0 Å². The molecule has 0 bridgehead atoms. The highest BCUT2D eigenvalue weighted by atomic mass is 32.1. The van der Waals surface area contributed by atoms with Crippen LogP contribution in [0.4, 0.5) is 0 Å². The lowest BCUT2D eigenvalue weighted by molar-refractivity contribution is 0.0702. The van der Waals surface area contributed by atoms with E-state index in [1.807, 2.05) is 0 Å². The van der Waals surface area contributed by atoms with E-state index in [0.717, 1.165) is 11.3 Å². The third-order valence-corrected chi connectivity index (χ3v) is 3.51. The van der Waals surface area contributed by atoms with Crippen molar-refractivity contribution < 1.29 is 19.4 Å². The maximum atomic E-state index is 11.2. The third-order valence-electron chi connectivity index (χ3n) is 2.55. The monoisotopic (exact) mass is 279 g/mol. The average molecular weight is 279 g/mol. The van der Waals surface area contributed by atoms with Crippen LogP contribution in [0.1, 0.15) is 14.7 Å². The molecule has 19 heavy (non-hydrogen) atoms. The Balaban J connectivity index is 2.60. The molecule has 2 rings (SSSR count). The average Bonchev–Trinajstić information content (AvgIpc) is 2.80. The number of aromatic nitrogens is 1. The summed E-state index contributed by atoms with van der Waals surface area (Å²) in [7, 11) is 3.09. The van der Waals surface area contributed by atoms with Gasteiger partial charge in [0.15, 0.2) is 0 Å². The second kappa shape index (κ2) is 5.27. The number of hydrogen-bond acceptors (Lipinski definition) is 5. The number of aromatic carboxylic acids is 1. The van der Waals surface area contributed by atoms with Crippen molar-refractivity contribution in [2.45, 2.75) is 6.92 Å².